The van der Waals surface area contributed by atoms with Crippen molar-refractivity contribution < 1.29 is 19.1 Å². The van der Waals surface area contributed by atoms with E-state index in [0.29, 0.717) is 16.8 Å². The molecule has 2 amide bonds. The topological polar surface area (TPSA) is 84.5 Å². The minimum atomic E-state index is -1.16. The predicted molar refractivity (Wildman–Crippen MR) is 126 cm³/mol. The molecule has 0 bridgehead atoms. The van der Waals surface area contributed by atoms with Gasteiger partial charge in [-0.3, -0.25) is 14.4 Å². The molecule has 0 spiro atoms. The molecule has 0 aliphatic carbocycles. The molecule has 1 unspecified atom stereocenters. The molecule has 3 aromatic rings. The van der Waals surface area contributed by atoms with Crippen molar-refractivity contribution in [3.63, 3.8) is 0 Å². The number of rotatable bonds is 7. The molecular weight excluding hydrogens is 472 g/mol. The molecule has 0 heterocycles. The van der Waals surface area contributed by atoms with Crippen LogP contribution in [0.3, 0.4) is 0 Å². The molecule has 2 N–H and O–H groups in total. The standard InChI is InChI=1S/C25H23BrN2O4/c1-16-11-12-17(2)21(13-16)28-25(31)23(18-7-4-3-5-8-18)32-22(29)15-27-24(30)19-9-6-10-20(26)14-19/h3-14,23H,15H2,1-2H3,(H,27,30)(H,28,31). The number of nitrogens with one attached hydrogen (secondary N) is 2. The first-order chi connectivity index (χ1) is 15.3. The summed E-state index contributed by atoms with van der Waals surface area (Å²) in [7, 11) is 0. The van der Waals surface area contributed by atoms with Gasteiger partial charge in [-0.15, -0.1) is 0 Å². The maximum atomic E-state index is 13.0. The van der Waals surface area contributed by atoms with Crippen molar-refractivity contribution >= 4 is 39.4 Å². The molecule has 3 rings (SSSR count). The minimum absolute atomic E-state index is 0.370. The van der Waals surface area contributed by atoms with Crippen LogP contribution in [0.2, 0.25) is 0 Å². The zero-order valence-electron chi connectivity index (χ0n) is 17.7. The summed E-state index contributed by atoms with van der Waals surface area (Å²) in [6, 6.07) is 21.3. The van der Waals surface area contributed by atoms with Gasteiger partial charge in [0.1, 0.15) is 6.54 Å². The van der Waals surface area contributed by atoms with E-state index < -0.39 is 23.9 Å². The van der Waals surface area contributed by atoms with E-state index in [1.165, 1.54) is 0 Å². The Morgan fingerprint density at radius 2 is 1.69 bits per heavy atom. The molecule has 32 heavy (non-hydrogen) atoms. The molecule has 7 heteroatoms. The lowest BCUT2D eigenvalue weighted by Gasteiger charge is -2.19. The zero-order valence-corrected chi connectivity index (χ0v) is 19.3. The highest BCUT2D eigenvalue weighted by Gasteiger charge is 2.25. The molecule has 3 aromatic carbocycles. The fourth-order valence-corrected chi connectivity index (χ4v) is 3.43. The Kier molecular flexibility index (Phi) is 7.78. The summed E-state index contributed by atoms with van der Waals surface area (Å²) >= 11 is 3.31. The number of hydrogen-bond donors (Lipinski definition) is 2. The minimum Gasteiger partial charge on any atom is -0.446 e. The molecule has 0 saturated carbocycles. The van der Waals surface area contributed by atoms with Gasteiger partial charge in [0.25, 0.3) is 11.8 Å². The molecule has 0 saturated heterocycles. The van der Waals surface area contributed by atoms with Gasteiger partial charge in [0.15, 0.2) is 0 Å². The van der Waals surface area contributed by atoms with Crippen LogP contribution in [0.4, 0.5) is 5.69 Å². The van der Waals surface area contributed by atoms with Crippen LogP contribution in [0, 0.1) is 13.8 Å². The number of carbonyl (C=O) groups excluding carboxylic acids is 3. The first kappa shape index (κ1) is 23.2. The van der Waals surface area contributed by atoms with E-state index in [9.17, 15) is 14.4 Å². The van der Waals surface area contributed by atoms with Crippen LogP contribution in [0.15, 0.2) is 77.3 Å². The van der Waals surface area contributed by atoms with Crippen LogP contribution in [-0.4, -0.2) is 24.3 Å². The molecule has 0 aromatic heterocycles. The molecular formula is C25H23BrN2O4. The van der Waals surface area contributed by atoms with Gasteiger partial charge in [-0.05, 0) is 49.2 Å². The molecule has 0 fully saturated rings. The Hall–Kier alpha value is -3.45. The number of esters is 1. The van der Waals surface area contributed by atoms with Crippen LogP contribution in [0.1, 0.15) is 33.2 Å². The van der Waals surface area contributed by atoms with Crippen molar-refractivity contribution in [3.05, 3.63) is 99.5 Å². The highest BCUT2D eigenvalue weighted by atomic mass is 79.9. The van der Waals surface area contributed by atoms with Crippen LogP contribution >= 0.6 is 15.9 Å². The summed E-state index contributed by atoms with van der Waals surface area (Å²) in [5, 5.41) is 5.37. The third-order valence-electron chi connectivity index (χ3n) is 4.72. The first-order valence-electron chi connectivity index (χ1n) is 10.00. The lowest BCUT2D eigenvalue weighted by Crippen LogP contribution is -2.33. The van der Waals surface area contributed by atoms with Crippen LogP contribution in [-0.2, 0) is 14.3 Å². The monoisotopic (exact) mass is 494 g/mol. The normalized spacial score (nSPS) is 11.3. The summed E-state index contributed by atoms with van der Waals surface area (Å²) in [6.07, 6.45) is -1.16. The molecule has 1 atom stereocenters. The number of carbonyl (C=O) groups is 3. The summed E-state index contributed by atoms with van der Waals surface area (Å²) in [6.45, 7) is 3.44. The van der Waals surface area contributed by atoms with Gasteiger partial charge >= 0.3 is 5.97 Å². The second-order valence-corrected chi connectivity index (χ2v) is 8.20. The summed E-state index contributed by atoms with van der Waals surface area (Å²) in [5.74, 6) is -1.62. The van der Waals surface area contributed by atoms with Crippen molar-refractivity contribution in [2.45, 2.75) is 20.0 Å². The zero-order chi connectivity index (χ0) is 23.1. The molecule has 0 aliphatic heterocycles. The van der Waals surface area contributed by atoms with Gasteiger partial charge in [-0.1, -0.05) is 64.5 Å². The fraction of sp³-hybridized carbons (Fsp3) is 0.160. The number of ether oxygens (including phenoxy) is 1. The smallest absolute Gasteiger partial charge is 0.326 e. The second kappa shape index (κ2) is 10.7. The van der Waals surface area contributed by atoms with Gasteiger partial charge < -0.3 is 15.4 Å². The van der Waals surface area contributed by atoms with Gasteiger partial charge in [0.2, 0.25) is 6.10 Å². The maximum absolute atomic E-state index is 13.0. The Morgan fingerprint density at radius 1 is 0.938 bits per heavy atom. The van der Waals surface area contributed by atoms with Crippen LogP contribution in [0.5, 0.6) is 0 Å². The number of hydrogen-bond acceptors (Lipinski definition) is 4. The molecule has 6 nitrogen and oxygen atoms in total. The summed E-state index contributed by atoms with van der Waals surface area (Å²) in [5.41, 5.74) is 3.47. The Labute approximate surface area is 195 Å². The van der Waals surface area contributed by atoms with Crippen molar-refractivity contribution in [3.8, 4) is 0 Å². The van der Waals surface area contributed by atoms with E-state index in [2.05, 4.69) is 26.6 Å². The van der Waals surface area contributed by atoms with Gasteiger partial charge in [0.05, 0.1) is 0 Å². The largest absolute Gasteiger partial charge is 0.446 e. The maximum Gasteiger partial charge on any atom is 0.326 e. The van der Waals surface area contributed by atoms with Crippen LogP contribution in [0.25, 0.3) is 0 Å². The van der Waals surface area contributed by atoms with Crippen molar-refractivity contribution in [2.75, 3.05) is 11.9 Å². The number of halogens is 1. The average molecular weight is 495 g/mol. The third kappa shape index (κ3) is 6.28. The van der Waals surface area contributed by atoms with E-state index in [4.69, 9.17) is 4.74 Å². The number of anilines is 1. The third-order valence-corrected chi connectivity index (χ3v) is 5.21. The van der Waals surface area contributed by atoms with Crippen molar-refractivity contribution in [2.24, 2.45) is 0 Å². The summed E-state index contributed by atoms with van der Waals surface area (Å²) < 4.78 is 6.23. The lowest BCUT2D eigenvalue weighted by atomic mass is 10.1. The highest BCUT2D eigenvalue weighted by molar-refractivity contribution is 9.10. The van der Waals surface area contributed by atoms with E-state index in [-0.39, 0.29) is 6.54 Å². The quantitative estimate of drug-likeness (QED) is 0.465. The van der Waals surface area contributed by atoms with Gasteiger partial charge in [-0.2, -0.15) is 0 Å². The first-order valence-corrected chi connectivity index (χ1v) is 10.8. The highest BCUT2D eigenvalue weighted by Crippen LogP contribution is 2.22. The van der Waals surface area contributed by atoms with E-state index in [1.54, 1.807) is 48.5 Å². The SMILES string of the molecule is Cc1ccc(C)c(NC(=O)C(OC(=O)CNC(=O)c2cccc(Br)c2)c2ccccc2)c1. The van der Waals surface area contributed by atoms with Gasteiger partial charge in [0, 0.05) is 21.3 Å². The molecule has 0 aliphatic rings. The van der Waals surface area contributed by atoms with Crippen molar-refractivity contribution in [1.82, 2.24) is 5.32 Å². The summed E-state index contributed by atoms with van der Waals surface area (Å²) in [4.78, 5) is 37.8. The molecule has 164 valence electrons. The second-order valence-electron chi connectivity index (χ2n) is 7.28. The Morgan fingerprint density at radius 3 is 2.41 bits per heavy atom. The van der Waals surface area contributed by atoms with Crippen LogP contribution < -0.4 is 10.6 Å². The predicted octanol–water partition coefficient (Wildman–Crippen LogP) is 4.72. The number of benzene rings is 3. The van der Waals surface area contributed by atoms with E-state index in [1.807, 2.05) is 38.1 Å². The average Bonchev–Trinajstić information content (AvgIpc) is 2.78. The number of aryl methyl sites for hydroxylation is 2. The fourth-order valence-electron chi connectivity index (χ4n) is 3.03. The Balaban J connectivity index is 1.70. The van der Waals surface area contributed by atoms with Gasteiger partial charge in [-0.25, -0.2) is 0 Å². The van der Waals surface area contributed by atoms with E-state index >= 15 is 0 Å². The lowest BCUT2D eigenvalue weighted by molar-refractivity contribution is -0.153. The Bertz CT molecular complexity index is 1130. The molecule has 0 radical (unpaired) electrons. The number of amides is 2. The van der Waals surface area contributed by atoms with E-state index in [0.717, 1.165) is 15.6 Å². The van der Waals surface area contributed by atoms with Crippen molar-refractivity contribution in [1.29, 1.82) is 0 Å².